The standard InChI is InChI=1S/C15H28BN2O3.C5H12.C2H6.CH4O.K/c1-12(2)6-8-17-13(19)7-9-18-14(20)10-15(3,4)11-21-16-5;1-4-5(2)3;2*1-2;/h1,6-11H2,2-5H3,(H,17,19)(H,18,20);5H,4H2,1-3H3;1-2H3;2H,1H3;/q-1;;;;+1. The Morgan fingerprint density at radius 2 is 1.48 bits per heavy atom. The molecule has 0 aliphatic heterocycles. The second kappa shape index (κ2) is 30.3. The van der Waals surface area contributed by atoms with E-state index < -0.39 is 0 Å². The van der Waals surface area contributed by atoms with E-state index in [4.69, 9.17) is 9.76 Å². The molecule has 2 amide bonds. The largest absolute Gasteiger partial charge is 1.00 e. The van der Waals surface area contributed by atoms with Crippen molar-refractivity contribution in [2.24, 2.45) is 11.3 Å². The van der Waals surface area contributed by atoms with Crippen LogP contribution in [0.2, 0.25) is 6.82 Å². The minimum atomic E-state index is -0.222. The average molecular weight is 469 g/mol. The van der Waals surface area contributed by atoms with Crippen molar-refractivity contribution in [2.45, 2.75) is 87.9 Å². The number of carbonyl (C=O) groups is 2. The molecular formula is C23H50BKN2O4. The maximum atomic E-state index is 11.8. The van der Waals surface area contributed by atoms with Gasteiger partial charge in [-0.1, -0.05) is 60.5 Å². The molecule has 8 heteroatoms. The third kappa shape index (κ3) is 41.1. The Morgan fingerprint density at radius 3 is 1.87 bits per heavy atom. The Labute approximate surface area is 236 Å². The van der Waals surface area contributed by atoms with Crippen LogP contribution in [0.3, 0.4) is 0 Å². The maximum Gasteiger partial charge on any atom is 1.00 e. The van der Waals surface area contributed by atoms with E-state index in [1.54, 1.807) is 7.48 Å². The molecule has 2 radical (unpaired) electrons. The second-order valence-electron chi connectivity index (χ2n) is 7.85. The van der Waals surface area contributed by atoms with Crippen LogP contribution in [0.25, 0.3) is 0 Å². The Morgan fingerprint density at radius 1 is 1.06 bits per heavy atom. The molecule has 0 aliphatic carbocycles. The third-order valence-corrected chi connectivity index (χ3v) is 3.64. The topological polar surface area (TPSA) is 87.7 Å². The molecule has 0 unspecified atom stereocenters. The molecule has 0 saturated carbocycles. The first kappa shape index (κ1) is 41.5. The van der Waals surface area contributed by atoms with E-state index >= 15 is 0 Å². The first-order valence-electron chi connectivity index (χ1n) is 11.1. The van der Waals surface area contributed by atoms with Crippen molar-refractivity contribution in [2.75, 3.05) is 26.8 Å². The zero-order chi connectivity index (χ0) is 24.6. The van der Waals surface area contributed by atoms with Gasteiger partial charge in [-0.25, -0.2) is 6.82 Å². The van der Waals surface area contributed by atoms with Crippen molar-refractivity contribution in [3.63, 3.8) is 0 Å². The van der Waals surface area contributed by atoms with E-state index in [9.17, 15) is 9.59 Å². The fourth-order valence-corrected chi connectivity index (χ4v) is 1.68. The molecule has 6 nitrogen and oxygen atoms in total. The fourth-order valence-electron chi connectivity index (χ4n) is 1.68. The first-order chi connectivity index (χ1) is 14.0. The minimum absolute atomic E-state index is 0. The normalized spacial score (nSPS) is 9.42. The molecule has 0 heterocycles. The number of rotatable bonds is 12. The summed E-state index contributed by atoms with van der Waals surface area (Å²) in [5.41, 5.74) is 0.817. The fraction of sp³-hybridized carbons (Fsp3) is 0.826. The Bertz CT molecular complexity index is 420. The van der Waals surface area contributed by atoms with Crippen molar-refractivity contribution in [1.29, 1.82) is 0 Å². The summed E-state index contributed by atoms with van der Waals surface area (Å²) in [6, 6.07) is 0. The van der Waals surface area contributed by atoms with Crippen molar-refractivity contribution in [1.82, 2.24) is 10.6 Å². The van der Waals surface area contributed by atoms with E-state index in [1.807, 2.05) is 41.4 Å². The molecule has 0 aromatic rings. The van der Waals surface area contributed by atoms with Gasteiger partial charge in [-0.15, -0.1) is 6.58 Å². The van der Waals surface area contributed by atoms with Crippen LogP contribution in [-0.2, 0) is 14.2 Å². The van der Waals surface area contributed by atoms with Gasteiger partial charge in [-0.2, -0.15) is 7.48 Å². The van der Waals surface area contributed by atoms with E-state index in [-0.39, 0.29) is 68.6 Å². The van der Waals surface area contributed by atoms with E-state index in [1.165, 1.54) is 6.42 Å². The Balaban J connectivity index is -0.000000193. The molecule has 31 heavy (non-hydrogen) atoms. The van der Waals surface area contributed by atoms with Crippen LogP contribution >= 0.6 is 0 Å². The summed E-state index contributed by atoms with van der Waals surface area (Å²) in [6.45, 7) is 23.5. The quantitative estimate of drug-likeness (QED) is 0.298. The van der Waals surface area contributed by atoms with Crippen LogP contribution in [0.5, 0.6) is 0 Å². The zero-order valence-electron chi connectivity index (χ0n) is 22.5. The molecule has 0 aromatic heterocycles. The smallest absolute Gasteiger partial charge is 0.661 e. The van der Waals surface area contributed by atoms with Crippen molar-refractivity contribution < 1.29 is 70.7 Å². The molecule has 0 aromatic carbocycles. The van der Waals surface area contributed by atoms with Gasteiger partial charge in [0.05, 0.1) is 0 Å². The van der Waals surface area contributed by atoms with Gasteiger partial charge in [-0.3, -0.25) is 9.59 Å². The number of aliphatic hydroxyl groups is 1. The molecule has 3 N–H and O–H groups in total. The zero-order valence-corrected chi connectivity index (χ0v) is 25.6. The van der Waals surface area contributed by atoms with E-state index in [2.05, 4.69) is 38.0 Å². The van der Waals surface area contributed by atoms with Gasteiger partial charge in [0, 0.05) is 39.6 Å². The predicted octanol–water partition coefficient (Wildman–Crippen LogP) is 1.37. The van der Waals surface area contributed by atoms with E-state index in [0.717, 1.165) is 25.0 Å². The van der Waals surface area contributed by atoms with Crippen molar-refractivity contribution in [3.8, 4) is 0 Å². The Hall–Kier alpha value is 0.301. The third-order valence-electron chi connectivity index (χ3n) is 3.64. The number of hydrogen-bond acceptors (Lipinski definition) is 4. The summed E-state index contributed by atoms with van der Waals surface area (Å²) < 4.78 is 5.23. The van der Waals surface area contributed by atoms with Crippen LogP contribution in [0.4, 0.5) is 0 Å². The summed E-state index contributed by atoms with van der Waals surface area (Å²) in [5.74, 6) is 0.768. The number of aliphatic hydroxyl groups excluding tert-OH is 1. The van der Waals surface area contributed by atoms with Gasteiger partial charge in [0.25, 0.3) is 0 Å². The minimum Gasteiger partial charge on any atom is -0.661 e. The number of carbonyl (C=O) groups excluding carboxylic acids is 2. The number of nitrogens with one attached hydrogen (secondary N) is 2. The van der Waals surface area contributed by atoms with Crippen molar-refractivity contribution in [3.05, 3.63) is 12.2 Å². The monoisotopic (exact) mass is 468 g/mol. The number of amides is 2. The summed E-state index contributed by atoms with van der Waals surface area (Å²) in [4.78, 5) is 23.3. The van der Waals surface area contributed by atoms with Gasteiger partial charge >= 0.3 is 51.4 Å². The molecular weight excluding hydrogens is 418 g/mol. The molecule has 0 spiro atoms. The van der Waals surface area contributed by atoms with E-state index in [0.29, 0.717) is 32.5 Å². The molecule has 180 valence electrons. The van der Waals surface area contributed by atoms with Crippen LogP contribution in [0, 0.1) is 11.3 Å². The van der Waals surface area contributed by atoms with Crippen LogP contribution in [0.15, 0.2) is 12.2 Å². The van der Waals surface area contributed by atoms with Gasteiger partial charge in [0.15, 0.2) is 0 Å². The SMILES string of the molecule is C=C(C)CCNC(=O)CCNC(=O)CC(C)(C)CO[B-]C.CC.CCC(C)C.CO.[K+]. The van der Waals surface area contributed by atoms with Gasteiger partial charge in [0.1, 0.15) is 0 Å². The van der Waals surface area contributed by atoms with Crippen LogP contribution < -0.4 is 62.0 Å². The predicted molar refractivity (Wildman–Crippen MR) is 131 cm³/mol. The summed E-state index contributed by atoms with van der Waals surface area (Å²) in [7, 11) is 2.62. The molecule has 0 bridgehead atoms. The maximum absolute atomic E-state index is 11.8. The summed E-state index contributed by atoms with van der Waals surface area (Å²) in [5, 5.41) is 12.6. The molecule has 0 aliphatic rings. The Kier molecular flexibility index (Phi) is 40.6. The molecule has 0 rings (SSSR count). The molecule has 0 fully saturated rings. The summed E-state index contributed by atoms with van der Waals surface area (Å²) in [6.07, 6.45) is 2.75. The number of hydrogen-bond donors (Lipinski definition) is 3. The second-order valence-corrected chi connectivity index (χ2v) is 7.85. The van der Waals surface area contributed by atoms with Crippen LogP contribution in [0.1, 0.15) is 81.1 Å². The molecule has 0 saturated heterocycles. The average Bonchev–Trinajstić information content (AvgIpc) is 2.69. The van der Waals surface area contributed by atoms with Gasteiger partial charge in [-0.05, 0) is 24.7 Å². The summed E-state index contributed by atoms with van der Waals surface area (Å²) >= 11 is 0. The van der Waals surface area contributed by atoms with Crippen LogP contribution in [-0.4, -0.2) is 51.2 Å². The van der Waals surface area contributed by atoms with Crippen molar-refractivity contribution >= 4 is 19.3 Å². The van der Waals surface area contributed by atoms with Gasteiger partial charge in [0.2, 0.25) is 11.8 Å². The molecule has 0 atom stereocenters. The first-order valence-corrected chi connectivity index (χ1v) is 11.1. The van der Waals surface area contributed by atoms with Gasteiger partial charge < -0.3 is 20.4 Å².